The first kappa shape index (κ1) is 18.6. The lowest BCUT2D eigenvalue weighted by atomic mass is 10.0. The topological polar surface area (TPSA) is 84.7 Å². The Labute approximate surface area is 164 Å². The smallest absolute Gasteiger partial charge is 0.253 e. The molecule has 7 nitrogen and oxygen atoms in total. The van der Waals surface area contributed by atoms with Gasteiger partial charge in [-0.05, 0) is 24.5 Å². The van der Waals surface area contributed by atoms with Crippen molar-refractivity contribution in [3.63, 3.8) is 0 Å². The number of fused-ring (bicyclic) bond motifs is 2. The molecule has 28 heavy (non-hydrogen) atoms. The van der Waals surface area contributed by atoms with Crippen LogP contribution in [-0.2, 0) is 13.0 Å². The number of carbonyl (C=O) groups is 1. The SMILES string of the molecule is CC(C)C[C@@H](NC(=O)c1cnc2ccccc2c1)c1nnc2n1CCNCC2. The fourth-order valence-electron chi connectivity index (χ4n) is 3.69. The van der Waals surface area contributed by atoms with Gasteiger partial charge >= 0.3 is 0 Å². The molecule has 0 fully saturated rings. The minimum absolute atomic E-state index is 0.131. The van der Waals surface area contributed by atoms with Crippen molar-refractivity contribution >= 4 is 16.8 Å². The van der Waals surface area contributed by atoms with Gasteiger partial charge in [0.1, 0.15) is 5.82 Å². The Bertz CT molecular complexity index is 980. The van der Waals surface area contributed by atoms with E-state index in [2.05, 4.69) is 44.2 Å². The van der Waals surface area contributed by atoms with E-state index in [1.54, 1.807) is 6.20 Å². The van der Waals surface area contributed by atoms with Gasteiger partial charge in [-0.1, -0.05) is 32.0 Å². The van der Waals surface area contributed by atoms with Crippen LogP contribution in [0.1, 0.15) is 48.3 Å². The molecule has 2 aromatic heterocycles. The van der Waals surface area contributed by atoms with Crippen molar-refractivity contribution in [2.24, 2.45) is 5.92 Å². The number of aromatic nitrogens is 4. The lowest BCUT2D eigenvalue weighted by Gasteiger charge is -2.21. The maximum atomic E-state index is 13.0. The monoisotopic (exact) mass is 378 g/mol. The van der Waals surface area contributed by atoms with Crippen LogP contribution in [0.5, 0.6) is 0 Å². The van der Waals surface area contributed by atoms with Crippen LogP contribution < -0.4 is 10.6 Å². The first-order valence-electron chi connectivity index (χ1n) is 9.90. The zero-order chi connectivity index (χ0) is 19.5. The normalized spacial score (nSPS) is 15.2. The number of nitrogens with zero attached hydrogens (tertiary/aromatic N) is 4. The molecule has 1 aromatic carbocycles. The molecule has 0 radical (unpaired) electrons. The molecule has 0 saturated heterocycles. The van der Waals surface area contributed by atoms with Gasteiger partial charge in [-0.15, -0.1) is 10.2 Å². The number of amides is 1. The van der Waals surface area contributed by atoms with E-state index >= 15 is 0 Å². The molecule has 3 aromatic rings. The van der Waals surface area contributed by atoms with E-state index in [9.17, 15) is 4.79 Å². The van der Waals surface area contributed by atoms with Crippen molar-refractivity contribution in [1.29, 1.82) is 0 Å². The van der Waals surface area contributed by atoms with Gasteiger partial charge in [0.25, 0.3) is 5.91 Å². The number of carbonyl (C=O) groups excluding carboxylic acids is 1. The average Bonchev–Trinajstić information content (AvgIpc) is 2.95. The van der Waals surface area contributed by atoms with Crippen molar-refractivity contribution < 1.29 is 4.79 Å². The molecule has 2 N–H and O–H groups in total. The standard InChI is InChI=1S/C21H26N6O/c1-14(2)11-18(20-26-25-19-7-8-22-9-10-27(19)20)24-21(28)16-12-15-5-3-4-6-17(15)23-13-16/h3-6,12-14,18,22H,7-11H2,1-2H3,(H,24,28)/t18-/m1/s1. The van der Waals surface area contributed by atoms with Crippen LogP contribution in [0.3, 0.4) is 0 Å². The fourth-order valence-corrected chi connectivity index (χ4v) is 3.69. The Hall–Kier alpha value is -2.80. The third kappa shape index (κ3) is 3.89. The highest BCUT2D eigenvalue weighted by Crippen LogP contribution is 2.22. The first-order chi connectivity index (χ1) is 13.6. The average molecular weight is 378 g/mol. The summed E-state index contributed by atoms with van der Waals surface area (Å²) in [6.07, 6.45) is 3.29. The summed E-state index contributed by atoms with van der Waals surface area (Å²) in [5.41, 5.74) is 1.44. The molecule has 0 aliphatic carbocycles. The molecule has 1 aliphatic rings. The Kier molecular flexibility index (Phi) is 5.34. The van der Waals surface area contributed by atoms with Crippen LogP contribution in [0.4, 0.5) is 0 Å². The molecule has 0 bridgehead atoms. The maximum absolute atomic E-state index is 13.0. The number of benzene rings is 1. The molecule has 1 aliphatic heterocycles. The van der Waals surface area contributed by atoms with Gasteiger partial charge in [-0.3, -0.25) is 9.78 Å². The van der Waals surface area contributed by atoms with Crippen molar-refractivity contribution in [1.82, 2.24) is 30.4 Å². The summed E-state index contributed by atoms with van der Waals surface area (Å²) in [5.74, 6) is 2.11. The predicted molar refractivity (Wildman–Crippen MR) is 108 cm³/mol. The Morgan fingerprint density at radius 3 is 2.96 bits per heavy atom. The van der Waals surface area contributed by atoms with E-state index in [1.165, 1.54) is 0 Å². The van der Waals surface area contributed by atoms with E-state index in [4.69, 9.17) is 0 Å². The molecule has 0 unspecified atom stereocenters. The number of rotatable bonds is 5. The Morgan fingerprint density at radius 1 is 1.25 bits per heavy atom. The molecular weight excluding hydrogens is 352 g/mol. The number of hydrogen-bond donors (Lipinski definition) is 2. The number of para-hydroxylation sites is 1. The molecule has 4 rings (SSSR count). The van der Waals surface area contributed by atoms with Gasteiger partial charge in [-0.25, -0.2) is 0 Å². The van der Waals surface area contributed by atoms with Gasteiger partial charge in [0, 0.05) is 37.6 Å². The van der Waals surface area contributed by atoms with E-state index in [0.717, 1.165) is 55.0 Å². The number of pyridine rings is 1. The second kappa shape index (κ2) is 8.06. The van der Waals surface area contributed by atoms with E-state index in [1.807, 2.05) is 30.3 Å². The summed E-state index contributed by atoms with van der Waals surface area (Å²) in [6, 6.07) is 9.51. The van der Waals surface area contributed by atoms with Gasteiger partial charge in [0.2, 0.25) is 0 Å². The summed E-state index contributed by atoms with van der Waals surface area (Å²) in [4.78, 5) is 17.4. The Morgan fingerprint density at radius 2 is 2.11 bits per heavy atom. The third-order valence-electron chi connectivity index (χ3n) is 5.07. The number of nitrogens with one attached hydrogen (secondary N) is 2. The van der Waals surface area contributed by atoms with Gasteiger partial charge < -0.3 is 15.2 Å². The first-order valence-corrected chi connectivity index (χ1v) is 9.90. The van der Waals surface area contributed by atoms with E-state index in [-0.39, 0.29) is 11.9 Å². The highest BCUT2D eigenvalue weighted by atomic mass is 16.1. The van der Waals surface area contributed by atoms with Crippen molar-refractivity contribution in [2.45, 2.75) is 39.3 Å². The summed E-state index contributed by atoms with van der Waals surface area (Å²) in [7, 11) is 0. The highest BCUT2D eigenvalue weighted by Gasteiger charge is 2.25. The number of hydrogen-bond acceptors (Lipinski definition) is 5. The highest BCUT2D eigenvalue weighted by molar-refractivity contribution is 5.97. The van der Waals surface area contributed by atoms with Gasteiger partial charge in [0.05, 0.1) is 17.1 Å². The zero-order valence-electron chi connectivity index (χ0n) is 16.4. The largest absolute Gasteiger partial charge is 0.342 e. The second-order valence-corrected chi connectivity index (χ2v) is 7.70. The molecule has 1 amide bonds. The maximum Gasteiger partial charge on any atom is 0.253 e. The minimum Gasteiger partial charge on any atom is -0.342 e. The molecule has 1 atom stereocenters. The quantitative estimate of drug-likeness (QED) is 0.713. The molecule has 0 saturated carbocycles. The minimum atomic E-state index is -0.182. The van der Waals surface area contributed by atoms with Crippen LogP contribution in [0.15, 0.2) is 36.5 Å². The zero-order valence-corrected chi connectivity index (χ0v) is 16.4. The second-order valence-electron chi connectivity index (χ2n) is 7.70. The van der Waals surface area contributed by atoms with E-state index < -0.39 is 0 Å². The lowest BCUT2D eigenvalue weighted by Crippen LogP contribution is -2.32. The van der Waals surface area contributed by atoms with Crippen LogP contribution in [-0.4, -0.2) is 38.7 Å². The molecule has 146 valence electrons. The fraction of sp³-hybridized carbons (Fsp3) is 0.429. The summed E-state index contributed by atoms with van der Waals surface area (Å²) >= 11 is 0. The predicted octanol–water partition coefficient (Wildman–Crippen LogP) is 2.49. The summed E-state index contributed by atoms with van der Waals surface area (Å²) in [6.45, 7) is 6.91. The summed E-state index contributed by atoms with van der Waals surface area (Å²) in [5, 5.41) is 16.3. The van der Waals surface area contributed by atoms with Crippen LogP contribution in [0.2, 0.25) is 0 Å². The van der Waals surface area contributed by atoms with Gasteiger partial charge in [0.15, 0.2) is 5.82 Å². The van der Waals surface area contributed by atoms with Crippen LogP contribution in [0.25, 0.3) is 10.9 Å². The molecule has 0 spiro atoms. The van der Waals surface area contributed by atoms with Crippen molar-refractivity contribution in [2.75, 3.05) is 13.1 Å². The van der Waals surface area contributed by atoms with Gasteiger partial charge in [-0.2, -0.15) is 0 Å². The molecule has 3 heterocycles. The van der Waals surface area contributed by atoms with Crippen molar-refractivity contribution in [3.8, 4) is 0 Å². The van der Waals surface area contributed by atoms with Crippen LogP contribution >= 0.6 is 0 Å². The van der Waals surface area contributed by atoms with Crippen molar-refractivity contribution in [3.05, 3.63) is 53.7 Å². The summed E-state index contributed by atoms with van der Waals surface area (Å²) < 4.78 is 2.16. The van der Waals surface area contributed by atoms with E-state index in [0.29, 0.717) is 11.5 Å². The third-order valence-corrected chi connectivity index (χ3v) is 5.07. The lowest BCUT2D eigenvalue weighted by molar-refractivity contribution is 0.0928. The molecular formula is C21H26N6O. The molecule has 7 heteroatoms. The Balaban J connectivity index is 1.61. The van der Waals surface area contributed by atoms with Crippen LogP contribution in [0, 0.1) is 5.92 Å².